The van der Waals surface area contributed by atoms with Crippen molar-refractivity contribution in [2.45, 2.75) is 58.3 Å². The molecule has 0 aliphatic heterocycles. The zero-order valence-corrected chi connectivity index (χ0v) is 27.5. The fourth-order valence-corrected chi connectivity index (χ4v) is 11.2. The third-order valence-corrected chi connectivity index (χ3v) is 13.0. The lowest BCUT2D eigenvalue weighted by atomic mass is 9.76. The van der Waals surface area contributed by atoms with Gasteiger partial charge < -0.3 is 18.9 Å². The van der Waals surface area contributed by atoms with Gasteiger partial charge in [0.1, 0.15) is 0 Å². The number of rotatable bonds is 12. The molecule has 6 fully saturated rings. The fourth-order valence-electron chi connectivity index (χ4n) is 11.2. The van der Waals surface area contributed by atoms with Crippen molar-refractivity contribution < 1.29 is 38.1 Å². The maximum Gasteiger partial charge on any atom is 0.338 e. The summed E-state index contributed by atoms with van der Waals surface area (Å²) in [6.45, 7) is 10.6. The summed E-state index contributed by atoms with van der Waals surface area (Å²) in [5.74, 6) is 5.11. The molecule has 47 heavy (non-hydrogen) atoms. The number of hydrogen-bond donors (Lipinski definition) is 0. The number of esters is 4. The zero-order chi connectivity index (χ0) is 32.8. The molecule has 0 amide bonds. The van der Waals surface area contributed by atoms with Crippen molar-refractivity contribution in [3.63, 3.8) is 0 Å². The molecule has 4 bridgehead atoms. The van der Waals surface area contributed by atoms with Crippen molar-refractivity contribution in [1.82, 2.24) is 0 Å². The van der Waals surface area contributed by atoms with Crippen molar-refractivity contribution in [2.24, 2.45) is 71.0 Å². The van der Waals surface area contributed by atoms with Gasteiger partial charge in [-0.15, -0.1) is 0 Å². The normalized spacial score (nSPS) is 37.2. The lowest BCUT2D eigenvalue weighted by molar-refractivity contribution is -0.141. The van der Waals surface area contributed by atoms with E-state index >= 15 is 0 Å². The molecule has 0 radical (unpaired) electrons. The Balaban J connectivity index is 0.857. The van der Waals surface area contributed by atoms with E-state index in [0.717, 1.165) is 38.5 Å². The number of carbonyl (C=O) groups excluding carboxylic acids is 4. The summed E-state index contributed by atoms with van der Waals surface area (Å²) in [5, 5.41) is 0. The number of ether oxygens (including phenoxy) is 4. The lowest BCUT2D eigenvalue weighted by Crippen LogP contribution is -2.28. The van der Waals surface area contributed by atoms with Gasteiger partial charge >= 0.3 is 23.9 Å². The summed E-state index contributed by atoms with van der Waals surface area (Å²) in [6, 6.07) is 6.69. The highest BCUT2D eigenvalue weighted by Crippen LogP contribution is 2.63. The van der Waals surface area contributed by atoms with Crippen LogP contribution in [-0.2, 0) is 28.5 Å². The van der Waals surface area contributed by atoms with Crippen LogP contribution in [0, 0.1) is 71.0 Å². The number of benzene rings is 1. The third kappa shape index (κ3) is 6.41. The van der Waals surface area contributed by atoms with Gasteiger partial charge in [0.15, 0.2) is 0 Å². The molecule has 0 saturated heterocycles. The smallest absolute Gasteiger partial charge is 0.338 e. The standard InChI is InChI=1S/C39H48O8/c1-4-36(40)44-17-22-8-30-27-14-29(33(16-27)34(30)10-22)20-47-39(43)25-7-5-6-24(12-25)38(42)45-18-23-9-31-26-13-28(19-46-37(41)21(2)3)32(15-26)35(31)11-23/h4-7,12,22-23,26-35H,1-2,8-11,13-20H2,3H3. The molecule has 8 nitrogen and oxygen atoms in total. The van der Waals surface area contributed by atoms with Gasteiger partial charge in [0.25, 0.3) is 0 Å². The molecule has 0 aromatic heterocycles. The van der Waals surface area contributed by atoms with Crippen LogP contribution in [0.3, 0.4) is 0 Å². The summed E-state index contributed by atoms with van der Waals surface area (Å²) in [4.78, 5) is 49.5. The predicted octanol–water partition coefficient (Wildman–Crippen LogP) is 6.45. The second-order valence-corrected chi connectivity index (χ2v) is 15.6. The molecule has 7 rings (SSSR count). The van der Waals surface area contributed by atoms with Crippen molar-refractivity contribution in [3.8, 4) is 0 Å². The summed E-state index contributed by atoms with van der Waals surface area (Å²) in [7, 11) is 0. The topological polar surface area (TPSA) is 105 Å². The number of fused-ring (bicyclic) bond motifs is 10. The Bertz CT molecular complexity index is 1430. The van der Waals surface area contributed by atoms with Crippen LogP contribution >= 0.6 is 0 Å². The van der Waals surface area contributed by atoms with E-state index in [1.54, 1.807) is 31.2 Å². The van der Waals surface area contributed by atoms with Gasteiger partial charge in [0, 0.05) is 11.6 Å². The first-order valence-electron chi connectivity index (χ1n) is 17.7. The molecular formula is C39H48O8. The van der Waals surface area contributed by atoms with E-state index in [4.69, 9.17) is 18.9 Å². The predicted molar refractivity (Wildman–Crippen MR) is 173 cm³/mol. The van der Waals surface area contributed by atoms with Crippen LogP contribution in [0.4, 0.5) is 0 Å². The van der Waals surface area contributed by atoms with E-state index in [-0.39, 0.29) is 11.9 Å². The Morgan fingerprint density at radius 3 is 1.68 bits per heavy atom. The lowest BCUT2D eigenvalue weighted by Gasteiger charge is -2.31. The van der Waals surface area contributed by atoms with Crippen LogP contribution in [0.1, 0.15) is 79.0 Å². The SMILES string of the molecule is C=CC(=O)OCC1CC2C3CC(COC(=O)c4cccc(C(=O)OCC5CC6C7CC(COC(=O)C(=C)C)C(C7)C6C5)c4)C(C3)C2C1. The van der Waals surface area contributed by atoms with Gasteiger partial charge in [-0.05, 0) is 148 Å². The van der Waals surface area contributed by atoms with Crippen molar-refractivity contribution in [2.75, 3.05) is 26.4 Å². The third-order valence-electron chi connectivity index (χ3n) is 13.0. The van der Waals surface area contributed by atoms with Crippen molar-refractivity contribution >= 4 is 23.9 Å². The molecular weight excluding hydrogens is 596 g/mol. The van der Waals surface area contributed by atoms with Gasteiger partial charge in [-0.1, -0.05) is 19.2 Å². The van der Waals surface area contributed by atoms with Gasteiger partial charge in [0.2, 0.25) is 0 Å². The highest BCUT2D eigenvalue weighted by Gasteiger charge is 2.57. The van der Waals surface area contributed by atoms with Gasteiger partial charge in [0.05, 0.1) is 37.6 Å². The first kappa shape index (κ1) is 32.1. The van der Waals surface area contributed by atoms with E-state index in [9.17, 15) is 19.2 Å². The molecule has 0 heterocycles. The average Bonchev–Trinajstić information content (AvgIpc) is 3.91. The molecule has 0 N–H and O–H groups in total. The largest absolute Gasteiger partial charge is 0.462 e. The first-order valence-corrected chi connectivity index (χ1v) is 17.7. The molecule has 6 saturated carbocycles. The minimum absolute atomic E-state index is 0.304. The Morgan fingerprint density at radius 1 is 0.660 bits per heavy atom. The quantitative estimate of drug-likeness (QED) is 0.145. The molecule has 1 aromatic carbocycles. The minimum atomic E-state index is -0.405. The Kier molecular flexibility index (Phi) is 9.05. The van der Waals surface area contributed by atoms with Crippen LogP contribution in [0.15, 0.2) is 49.1 Å². The summed E-state index contributed by atoms with van der Waals surface area (Å²) < 4.78 is 22.4. The van der Waals surface area contributed by atoms with Crippen LogP contribution in [0.2, 0.25) is 0 Å². The zero-order valence-electron chi connectivity index (χ0n) is 27.5. The van der Waals surface area contributed by atoms with Crippen LogP contribution < -0.4 is 0 Å². The highest BCUT2D eigenvalue weighted by atomic mass is 16.5. The Hall–Kier alpha value is -3.42. The summed E-state index contributed by atoms with van der Waals surface area (Å²) in [6.07, 6.45) is 10.2. The maximum atomic E-state index is 13.1. The Labute approximate surface area is 277 Å². The molecule has 12 atom stereocenters. The average molecular weight is 645 g/mol. The molecule has 6 aliphatic rings. The van der Waals surface area contributed by atoms with Crippen LogP contribution in [0.25, 0.3) is 0 Å². The van der Waals surface area contributed by atoms with Crippen LogP contribution in [0.5, 0.6) is 0 Å². The summed E-state index contributed by atoms with van der Waals surface area (Å²) >= 11 is 0. The fraction of sp³-hybridized carbons (Fsp3) is 0.641. The molecule has 12 unspecified atom stereocenters. The number of hydrogen-bond acceptors (Lipinski definition) is 8. The second-order valence-electron chi connectivity index (χ2n) is 15.6. The van der Waals surface area contributed by atoms with E-state index in [0.29, 0.717) is 114 Å². The van der Waals surface area contributed by atoms with Gasteiger partial charge in [-0.2, -0.15) is 0 Å². The molecule has 252 valence electrons. The molecule has 8 heteroatoms. The van der Waals surface area contributed by atoms with Crippen molar-refractivity contribution in [1.29, 1.82) is 0 Å². The molecule has 1 aromatic rings. The van der Waals surface area contributed by atoms with Crippen molar-refractivity contribution in [3.05, 3.63) is 60.2 Å². The summed E-state index contributed by atoms with van der Waals surface area (Å²) in [5.41, 5.74) is 1.18. The monoisotopic (exact) mass is 644 g/mol. The molecule has 0 spiro atoms. The second kappa shape index (κ2) is 13.2. The minimum Gasteiger partial charge on any atom is -0.462 e. The highest BCUT2D eigenvalue weighted by molar-refractivity contribution is 5.95. The molecule has 6 aliphatic carbocycles. The van der Waals surface area contributed by atoms with E-state index < -0.39 is 11.9 Å². The maximum absolute atomic E-state index is 13.1. The first-order chi connectivity index (χ1) is 22.7. The van der Waals surface area contributed by atoms with Gasteiger partial charge in [-0.25, -0.2) is 19.2 Å². The van der Waals surface area contributed by atoms with Crippen LogP contribution in [-0.4, -0.2) is 50.3 Å². The van der Waals surface area contributed by atoms with Gasteiger partial charge in [-0.3, -0.25) is 0 Å². The number of carbonyl (C=O) groups is 4. The van der Waals surface area contributed by atoms with E-state index in [1.165, 1.54) is 18.9 Å². The van der Waals surface area contributed by atoms with E-state index in [1.807, 2.05) is 0 Å². The Morgan fingerprint density at radius 2 is 1.15 bits per heavy atom. The van der Waals surface area contributed by atoms with E-state index in [2.05, 4.69) is 13.2 Å².